The Kier molecular flexibility index (Phi) is 4.91. The molecule has 0 unspecified atom stereocenters. The monoisotopic (exact) mass is 322 g/mol. The molecule has 24 heavy (non-hydrogen) atoms. The predicted octanol–water partition coefficient (Wildman–Crippen LogP) is 3.12. The summed E-state index contributed by atoms with van der Waals surface area (Å²) in [6, 6.07) is 16.7. The number of hydrogen-bond acceptors (Lipinski definition) is 4. The highest BCUT2D eigenvalue weighted by Gasteiger charge is 2.11. The second kappa shape index (κ2) is 7.27. The van der Waals surface area contributed by atoms with Gasteiger partial charge in [0.25, 0.3) is 0 Å². The van der Waals surface area contributed by atoms with Gasteiger partial charge in [0.2, 0.25) is 0 Å². The fourth-order valence-electron chi connectivity index (χ4n) is 2.74. The molecular weight excluding hydrogens is 300 g/mol. The summed E-state index contributed by atoms with van der Waals surface area (Å²) in [4.78, 5) is 6.47. The van der Waals surface area contributed by atoms with Crippen LogP contribution in [0.3, 0.4) is 0 Å². The van der Waals surface area contributed by atoms with Crippen LogP contribution in [0.2, 0.25) is 0 Å². The smallest absolute Gasteiger partial charge is 0.140 e. The fourth-order valence-corrected chi connectivity index (χ4v) is 2.74. The van der Waals surface area contributed by atoms with E-state index in [0.29, 0.717) is 0 Å². The molecule has 0 aliphatic heterocycles. The maximum atomic E-state index is 5.61. The Hall–Kier alpha value is -2.66. The first-order valence-electron chi connectivity index (χ1n) is 7.91. The lowest BCUT2D eigenvalue weighted by molar-refractivity contribution is 0.298. The maximum Gasteiger partial charge on any atom is 0.140 e. The number of methoxy groups -OCH3 is 1. The summed E-state index contributed by atoms with van der Waals surface area (Å²) < 4.78 is 7.41. The number of benzene rings is 2. The van der Waals surface area contributed by atoms with Crippen molar-refractivity contribution in [2.45, 2.75) is 13.1 Å². The second-order valence-electron chi connectivity index (χ2n) is 5.86. The molecule has 0 spiro atoms. The molecule has 0 aliphatic rings. The van der Waals surface area contributed by atoms with Gasteiger partial charge in [0.05, 0.1) is 13.7 Å². The fraction of sp³-hybridized carbons (Fsp3) is 0.263. The minimum Gasteiger partial charge on any atom is -0.496 e. The summed E-state index contributed by atoms with van der Waals surface area (Å²) in [6.07, 6.45) is 1.58. The van der Waals surface area contributed by atoms with Crippen molar-refractivity contribution in [1.82, 2.24) is 19.7 Å². The van der Waals surface area contributed by atoms with Crippen molar-refractivity contribution >= 4 is 0 Å². The third kappa shape index (κ3) is 3.63. The molecule has 5 nitrogen and oxygen atoms in total. The summed E-state index contributed by atoms with van der Waals surface area (Å²) in [5.41, 5.74) is 3.50. The normalized spacial score (nSPS) is 11.0. The van der Waals surface area contributed by atoms with E-state index in [-0.39, 0.29) is 0 Å². The largest absolute Gasteiger partial charge is 0.496 e. The van der Waals surface area contributed by atoms with Crippen LogP contribution in [0, 0.1) is 0 Å². The van der Waals surface area contributed by atoms with Crippen LogP contribution in [-0.4, -0.2) is 33.8 Å². The molecule has 0 fully saturated rings. The second-order valence-corrected chi connectivity index (χ2v) is 5.86. The zero-order chi connectivity index (χ0) is 16.9. The molecule has 0 bridgehead atoms. The summed E-state index contributed by atoms with van der Waals surface area (Å²) in [5, 5.41) is 4.11. The van der Waals surface area contributed by atoms with Gasteiger partial charge in [-0.2, -0.15) is 5.10 Å². The lowest BCUT2D eigenvalue weighted by Gasteiger charge is -2.18. The van der Waals surface area contributed by atoms with Crippen molar-refractivity contribution in [2.75, 3.05) is 14.2 Å². The Labute approximate surface area is 142 Å². The van der Waals surface area contributed by atoms with Crippen LogP contribution in [0.15, 0.2) is 54.9 Å². The van der Waals surface area contributed by atoms with Crippen LogP contribution in [0.5, 0.6) is 5.75 Å². The molecule has 1 aromatic heterocycles. The van der Waals surface area contributed by atoms with E-state index >= 15 is 0 Å². The number of aromatic nitrogens is 3. The molecule has 0 saturated carbocycles. The van der Waals surface area contributed by atoms with Gasteiger partial charge < -0.3 is 4.74 Å². The van der Waals surface area contributed by atoms with Crippen LogP contribution in [0.4, 0.5) is 0 Å². The van der Waals surface area contributed by atoms with Crippen molar-refractivity contribution in [3.8, 4) is 16.9 Å². The quantitative estimate of drug-likeness (QED) is 0.699. The molecule has 5 heteroatoms. The number of aryl methyl sites for hydroxylation is 1. The highest BCUT2D eigenvalue weighted by Crippen LogP contribution is 2.28. The van der Waals surface area contributed by atoms with Crippen molar-refractivity contribution < 1.29 is 4.74 Å². The third-order valence-electron chi connectivity index (χ3n) is 4.05. The zero-order valence-electron chi connectivity index (χ0n) is 14.3. The van der Waals surface area contributed by atoms with Gasteiger partial charge in [-0.05, 0) is 24.2 Å². The lowest BCUT2D eigenvalue weighted by Crippen LogP contribution is -2.20. The molecule has 0 aliphatic carbocycles. The third-order valence-corrected chi connectivity index (χ3v) is 4.05. The van der Waals surface area contributed by atoms with E-state index in [2.05, 4.69) is 52.4 Å². The Bertz CT molecular complexity index is 798. The standard InChI is InChI=1S/C19H22N4O/c1-22(13-19-20-14-21-23(19)2)12-17-10-9-16(11-18(17)24-3)15-7-5-4-6-8-15/h4-11,14H,12-13H2,1-3H3. The Balaban J connectivity index is 1.77. The van der Waals surface area contributed by atoms with Gasteiger partial charge in [-0.15, -0.1) is 0 Å². The van der Waals surface area contributed by atoms with Crippen LogP contribution >= 0.6 is 0 Å². The average molecular weight is 322 g/mol. The molecule has 1 heterocycles. The number of hydrogen-bond donors (Lipinski definition) is 0. The minimum atomic E-state index is 0.736. The average Bonchev–Trinajstić information content (AvgIpc) is 3.00. The van der Waals surface area contributed by atoms with Crippen molar-refractivity contribution in [2.24, 2.45) is 7.05 Å². The SMILES string of the molecule is COc1cc(-c2ccccc2)ccc1CN(C)Cc1ncnn1C. The van der Waals surface area contributed by atoms with Crippen LogP contribution in [0.25, 0.3) is 11.1 Å². The molecule has 0 radical (unpaired) electrons. The van der Waals surface area contributed by atoms with E-state index in [0.717, 1.165) is 35.8 Å². The minimum absolute atomic E-state index is 0.736. The van der Waals surface area contributed by atoms with Gasteiger partial charge in [-0.3, -0.25) is 9.58 Å². The molecule has 0 N–H and O–H groups in total. The molecular formula is C19H22N4O. The highest BCUT2D eigenvalue weighted by atomic mass is 16.5. The van der Waals surface area contributed by atoms with E-state index in [1.165, 1.54) is 5.56 Å². The van der Waals surface area contributed by atoms with E-state index in [1.54, 1.807) is 18.1 Å². The van der Waals surface area contributed by atoms with Gasteiger partial charge in [0, 0.05) is 19.2 Å². The lowest BCUT2D eigenvalue weighted by atomic mass is 10.0. The van der Waals surface area contributed by atoms with Gasteiger partial charge in [0.1, 0.15) is 17.9 Å². The molecule has 3 aromatic rings. The van der Waals surface area contributed by atoms with Gasteiger partial charge >= 0.3 is 0 Å². The van der Waals surface area contributed by atoms with E-state index in [4.69, 9.17) is 4.74 Å². The highest BCUT2D eigenvalue weighted by molar-refractivity contribution is 5.66. The zero-order valence-corrected chi connectivity index (χ0v) is 14.3. The number of nitrogens with zero attached hydrogens (tertiary/aromatic N) is 4. The van der Waals surface area contributed by atoms with Crippen molar-refractivity contribution in [3.63, 3.8) is 0 Å². The van der Waals surface area contributed by atoms with Gasteiger partial charge in [-0.25, -0.2) is 4.98 Å². The van der Waals surface area contributed by atoms with E-state index in [1.807, 2.05) is 25.2 Å². The Morgan fingerprint density at radius 3 is 2.50 bits per heavy atom. The molecule has 2 aromatic carbocycles. The predicted molar refractivity (Wildman–Crippen MR) is 94.6 cm³/mol. The first-order chi connectivity index (χ1) is 11.7. The Morgan fingerprint density at radius 1 is 1.04 bits per heavy atom. The summed E-state index contributed by atoms with van der Waals surface area (Å²) >= 11 is 0. The number of ether oxygens (including phenoxy) is 1. The topological polar surface area (TPSA) is 43.2 Å². The van der Waals surface area contributed by atoms with Gasteiger partial charge in [0.15, 0.2) is 0 Å². The van der Waals surface area contributed by atoms with E-state index in [9.17, 15) is 0 Å². The number of rotatable bonds is 6. The summed E-state index contributed by atoms with van der Waals surface area (Å²) in [6.45, 7) is 1.52. The molecule has 124 valence electrons. The first-order valence-corrected chi connectivity index (χ1v) is 7.91. The van der Waals surface area contributed by atoms with Crippen LogP contribution in [0.1, 0.15) is 11.4 Å². The first kappa shape index (κ1) is 16.2. The van der Waals surface area contributed by atoms with Gasteiger partial charge in [-0.1, -0.05) is 42.5 Å². The molecule has 0 saturated heterocycles. The van der Waals surface area contributed by atoms with Crippen molar-refractivity contribution in [3.05, 3.63) is 66.2 Å². The van der Waals surface area contributed by atoms with Crippen LogP contribution < -0.4 is 4.74 Å². The van der Waals surface area contributed by atoms with Crippen LogP contribution in [-0.2, 0) is 20.1 Å². The Morgan fingerprint density at radius 2 is 1.83 bits per heavy atom. The van der Waals surface area contributed by atoms with E-state index < -0.39 is 0 Å². The summed E-state index contributed by atoms with van der Waals surface area (Å²) in [5.74, 6) is 1.85. The molecule has 3 rings (SSSR count). The molecule has 0 atom stereocenters. The molecule has 0 amide bonds. The maximum absolute atomic E-state index is 5.61. The summed E-state index contributed by atoms with van der Waals surface area (Å²) in [7, 11) is 5.70. The van der Waals surface area contributed by atoms with Crippen molar-refractivity contribution in [1.29, 1.82) is 0 Å².